The molecule has 1 atom stereocenters. The Balaban J connectivity index is 1.90. The van der Waals surface area contributed by atoms with Crippen molar-refractivity contribution < 1.29 is 18.9 Å². The van der Waals surface area contributed by atoms with Crippen molar-refractivity contribution in [2.75, 3.05) is 41.0 Å². The number of hydrogen-bond acceptors (Lipinski definition) is 6. The predicted octanol–water partition coefficient (Wildman–Crippen LogP) is 4.58. The number of nitriles is 1. The molecule has 6 heteroatoms. The van der Waals surface area contributed by atoms with Crippen LogP contribution in [0.4, 0.5) is 0 Å². The van der Waals surface area contributed by atoms with Crippen molar-refractivity contribution in [2.24, 2.45) is 5.92 Å². The highest BCUT2D eigenvalue weighted by atomic mass is 16.5. The van der Waals surface area contributed by atoms with E-state index in [2.05, 4.69) is 25.2 Å². The summed E-state index contributed by atoms with van der Waals surface area (Å²) in [7, 11) is 4.86. The highest BCUT2D eigenvalue weighted by Gasteiger charge is 2.36. The van der Waals surface area contributed by atoms with E-state index < -0.39 is 5.41 Å². The van der Waals surface area contributed by atoms with Crippen LogP contribution in [0.3, 0.4) is 0 Å². The summed E-state index contributed by atoms with van der Waals surface area (Å²) in [6.07, 6.45) is 1.62. The molecule has 1 unspecified atom stereocenters. The van der Waals surface area contributed by atoms with Crippen LogP contribution in [0, 0.1) is 17.2 Å². The molecule has 0 aliphatic carbocycles. The van der Waals surface area contributed by atoms with E-state index in [-0.39, 0.29) is 5.92 Å². The molecule has 0 amide bonds. The molecule has 0 radical (unpaired) electrons. The predicted molar refractivity (Wildman–Crippen MR) is 122 cm³/mol. The van der Waals surface area contributed by atoms with Crippen molar-refractivity contribution in [1.82, 2.24) is 5.32 Å². The van der Waals surface area contributed by atoms with E-state index in [0.717, 1.165) is 43.0 Å². The van der Waals surface area contributed by atoms with E-state index in [4.69, 9.17) is 18.9 Å². The van der Waals surface area contributed by atoms with E-state index >= 15 is 0 Å². The van der Waals surface area contributed by atoms with Gasteiger partial charge in [-0.3, -0.25) is 0 Å². The fourth-order valence-corrected chi connectivity index (χ4v) is 3.72. The lowest BCUT2D eigenvalue weighted by Crippen LogP contribution is -2.32. The summed E-state index contributed by atoms with van der Waals surface area (Å²) in [5.74, 6) is 2.94. The van der Waals surface area contributed by atoms with Crippen LogP contribution in [0.1, 0.15) is 32.3 Å². The number of benzene rings is 2. The zero-order valence-electron chi connectivity index (χ0n) is 19.2. The first kappa shape index (κ1) is 24.4. The summed E-state index contributed by atoms with van der Waals surface area (Å²) >= 11 is 0. The largest absolute Gasteiger partial charge is 0.493 e. The third kappa shape index (κ3) is 6.05. The zero-order chi connectivity index (χ0) is 22.7. The second-order valence-corrected chi connectivity index (χ2v) is 7.66. The number of rotatable bonds is 13. The number of methoxy groups -OCH3 is 3. The van der Waals surface area contributed by atoms with Crippen LogP contribution in [0.25, 0.3) is 0 Å². The fourth-order valence-electron chi connectivity index (χ4n) is 3.72. The van der Waals surface area contributed by atoms with Crippen LogP contribution < -0.4 is 24.3 Å². The van der Waals surface area contributed by atoms with Crippen molar-refractivity contribution >= 4 is 0 Å². The van der Waals surface area contributed by atoms with E-state index in [1.165, 1.54) is 0 Å². The molecule has 2 aromatic rings. The Kier molecular flexibility index (Phi) is 9.48. The topological polar surface area (TPSA) is 72.7 Å². The van der Waals surface area contributed by atoms with Crippen LogP contribution in [0.5, 0.6) is 23.0 Å². The molecule has 0 heterocycles. The van der Waals surface area contributed by atoms with E-state index in [9.17, 15) is 5.26 Å². The molecular formula is C25H34N2O4. The minimum absolute atomic E-state index is 0.157. The molecule has 0 spiro atoms. The molecule has 0 fully saturated rings. The summed E-state index contributed by atoms with van der Waals surface area (Å²) in [5, 5.41) is 13.5. The standard InChI is InChI=1S/C25H34N2O4/c1-19(2)25(18-26,20-11-12-22(29-4)24(17-20)30-5)13-8-14-27-15-16-31-23-10-7-6-9-21(23)28-3/h6-7,9-12,17,19,27H,8,13-16H2,1-5H3. The summed E-state index contributed by atoms with van der Waals surface area (Å²) in [5.41, 5.74) is 0.372. The first-order valence-corrected chi connectivity index (χ1v) is 10.6. The summed E-state index contributed by atoms with van der Waals surface area (Å²) < 4.78 is 21.9. The highest BCUT2D eigenvalue weighted by molar-refractivity contribution is 5.47. The van der Waals surface area contributed by atoms with Gasteiger partial charge in [0.05, 0.1) is 32.8 Å². The molecule has 0 bridgehead atoms. The van der Waals surface area contributed by atoms with E-state index in [0.29, 0.717) is 18.1 Å². The number of nitrogens with zero attached hydrogens (tertiary/aromatic N) is 1. The smallest absolute Gasteiger partial charge is 0.161 e. The second kappa shape index (κ2) is 12.1. The number of hydrogen-bond donors (Lipinski definition) is 1. The SMILES string of the molecule is COc1ccc(C(C#N)(CCCNCCOc2ccccc2OC)C(C)C)cc1OC. The van der Waals surface area contributed by atoms with Gasteiger partial charge in [-0.05, 0) is 55.1 Å². The lowest BCUT2D eigenvalue weighted by molar-refractivity contribution is 0.290. The normalized spacial score (nSPS) is 12.7. The summed E-state index contributed by atoms with van der Waals surface area (Å²) in [6, 6.07) is 16.0. The fraction of sp³-hybridized carbons (Fsp3) is 0.480. The maximum absolute atomic E-state index is 10.1. The van der Waals surface area contributed by atoms with Crippen molar-refractivity contribution in [3.05, 3.63) is 48.0 Å². The molecule has 168 valence electrons. The third-order valence-electron chi connectivity index (χ3n) is 5.61. The van der Waals surface area contributed by atoms with Crippen molar-refractivity contribution in [1.29, 1.82) is 5.26 Å². The molecule has 0 saturated carbocycles. The third-order valence-corrected chi connectivity index (χ3v) is 5.61. The van der Waals surface area contributed by atoms with Gasteiger partial charge in [0.15, 0.2) is 23.0 Å². The van der Waals surface area contributed by atoms with Gasteiger partial charge in [0.2, 0.25) is 0 Å². The van der Waals surface area contributed by atoms with Gasteiger partial charge in [0, 0.05) is 6.54 Å². The Hall–Kier alpha value is -2.91. The maximum Gasteiger partial charge on any atom is 0.161 e. The molecule has 1 N–H and O–H groups in total. The minimum atomic E-state index is -0.588. The average molecular weight is 427 g/mol. The van der Waals surface area contributed by atoms with Crippen LogP contribution >= 0.6 is 0 Å². The monoisotopic (exact) mass is 426 g/mol. The Morgan fingerprint density at radius 1 is 0.903 bits per heavy atom. The molecule has 0 aliphatic heterocycles. The Morgan fingerprint density at radius 2 is 1.55 bits per heavy atom. The van der Waals surface area contributed by atoms with Gasteiger partial charge in [0.25, 0.3) is 0 Å². The lowest BCUT2D eigenvalue weighted by atomic mass is 9.70. The first-order chi connectivity index (χ1) is 15.0. The average Bonchev–Trinajstić information content (AvgIpc) is 2.80. The molecule has 2 aromatic carbocycles. The van der Waals surface area contributed by atoms with Gasteiger partial charge in [-0.15, -0.1) is 0 Å². The van der Waals surface area contributed by atoms with E-state index in [1.54, 1.807) is 21.3 Å². The van der Waals surface area contributed by atoms with Crippen LogP contribution in [0.15, 0.2) is 42.5 Å². The van der Waals surface area contributed by atoms with Crippen LogP contribution in [-0.4, -0.2) is 41.0 Å². The van der Waals surface area contributed by atoms with Crippen molar-refractivity contribution in [3.8, 4) is 29.1 Å². The second-order valence-electron chi connectivity index (χ2n) is 7.66. The van der Waals surface area contributed by atoms with Gasteiger partial charge < -0.3 is 24.3 Å². The van der Waals surface area contributed by atoms with Crippen molar-refractivity contribution in [3.63, 3.8) is 0 Å². The van der Waals surface area contributed by atoms with E-state index in [1.807, 2.05) is 42.5 Å². The maximum atomic E-state index is 10.1. The highest BCUT2D eigenvalue weighted by Crippen LogP contribution is 2.40. The molecule has 2 rings (SSSR count). The Morgan fingerprint density at radius 3 is 2.16 bits per heavy atom. The van der Waals surface area contributed by atoms with Gasteiger partial charge >= 0.3 is 0 Å². The zero-order valence-corrected chi connectivity index (χ0v) is 19.2. The molecule has 0 saturated heterocycles. The molecular weight excluding hydrogens is 392 g/mol. The lowest BCUT2D eigenvalue weighted by Gasteiger charge is -2.32. The minimum Gasteiger partial charge on any atom is -0.493 e. The molecule has 6 nitrogen and oxygen atoms in total. The van der Waals surface area contributed by atoms with Gasteiger partial charge in [-0.2, -0.15) is 5.26 Å². The van der Waals surface area contributed by atoms with Crippen LogP contribution in [0.2, 0.25) is 0 Å². The molecule has 0 aliphatic rings. The molecule has 31 heavy (non-hydrogen) atoms. The molecule has 0 aromatic heterocycles. The van der Waals surface area contributed by atoms with Gasteiger partial charge in [0.1, 0.15) is 6.61 Å². The van der Waals surface area contributed by atoms with Crippen molar-refractivity contribution in [2.45, 2.75) is 32.1 Å². The first-order valence-electron chi connectivity index (χ1n) is 10.6. The Labute approximate surface area is 186 Å². The number of nitrogens with one attached hydrogen (secondary N) is 1. The van der Waals surface area contributed by atoms with Gasteiger partial charge in [-0.1, -0.05) is 32.0 Å². The summed E-state index contributed by atoms with van der Waals surface area (Å²) in [6.45, 7) is 6.25. The Bertz CT molecular complexity index is 863. The summed E-state index contributed by atoms with van der Waals surface area (Å²) in [4.78, 5) is 0. The van der Waals surface area contributed by atoms with Gasteiger partial charge in [-0.25, -0.2) is 0 Å². The number of ether oxygens (including phenoxy) is 4. The number of para-hydroxylation sites is 2. The van der Waals surface area contributed by atoms with Crippen LogP contribution in [-0.2, 0) is 5.41 Å². The quantitative estimate of drug-likeness (QED) is 0.473.